The molecule has 0 aromatic carbocycles. The first-order chi connectivity index (χ1) is 4.91. The van der Waals surface area contributed by atoms with Crippen LogP contribution in [0.4, 0.5) is 13.2 Å². The smallest absolute Gasteiger partial charge is 0.297 e. The fourth-order valence-corrected chi connectivity index (χ4v) is 0.540. The second kappa shape index (κ2) is 3.25. The summed E-state index contributed by atoms with van der Waals surface area (Å²) in [7, 11) is -5.21. The van der Waals surface area contributed by atoms with Gasteiger partial charge in [0.15, 0.2) is 0 Å². The molecule has 0 saturated heterocycles. The molecule has 0 aromatic heterocycles. The van der Waals surface area contributed by atoms with Crippen LogP contribution in [0.25, 0.3) is 0 Å². The Bertz CT molecular complexity index is 309. The second-order valence-electron chi connectivity index (χ2n) is 1.16. The van der Waals surface area contributed by atoms with Gasteiger partial charge < -0.3 is 0 Å². The minimum absolute atomic E-state index is 0.548. The molecule has 0 atom stereocenters. The fraction of sp³-hybridized carbons (Fsp3) is 0. The maximum absolute atomic E-state index is 11.8. The molecule has 0 aliphatic heterocycles. The summed E-state index contributed by atoms with van der Waals surface area (Å²) >= 11 is 0. The Kier molecular flexibility index (Phi) is 2.88. The van der Waals surface area contributed by atoms with Crippen molar-refractivity contribution in [3.63, 3.8) is 0 Å². The van der Waals surface area contributed by atoms with Crippen LogP contribution >= 0.6 is 0 Å². The van der Waals surface area contributed by atoms with Gasteiger partial charge in [-0.1, -0.05) is 0 Å². The van der Waals surface area contributed by atoms with Crippen LogP contribution in [0.5, 0.6) is 0 Å². The summed E-state index contributed by atoms with van der Waals surface area (Å²) in [5, 5.41) is 4.80. The summed E-state index contributed by atoms with van der Waals surface area (Å²) in [6.45, 7) is 0. The Hall–Kier alpha value is -1.23. The van der Waals surface area contributed by atoms with Crippen LogP contribution in [0.15, 0.2) is 11.2 Å². The number of nitrogens with zero attached hydrogens (tertiary/aromatic N) is 1. The summed E-state index contributed by atoms with van der Waals surface area (Å²) in [5.74, 6) is 0. The second-order valence-corrected chi connectivity index (χ2v) is 2.60. The molecule has 0 aliphatic carbocycles. The van der Waals surface area contributed by atoms with Gasteiger partial charge in [-0.3, -0.25) is 4.18 Å². The van der Waals surface area contributed by atoms with E-state index in [4.69, 9.17) is 5.26 Å². The van der Waals surface area contributed by atoms with Gasteiger partial charge in [-0.15, -0.1) is 5.26 Å². The van der Waals surface area contributed by atoms with Crippen molar-refractivity contribution >= 4 is 10.1 Å². The first-order valence-electron chi connectivity index (χ1n) is 1.95. The van der Waals surface area contributed by atoms with E-state index in [2.05, 4.69) is 4.18 Å². The molecule has 0 rings (SSSR count). The molecule has 0 amide bonds. The maximum atomic E-state index is 11.8. The molecule has 0 fully saturated rings. The predicted molar refractivity (Wildman–Crippen MR) is 26.0 cm³/mol. The van der Waals surface area contributed by atoms with Crippen molar-refractivity contribution in [3.8, 4) is 6.26 Å². The van der Waals surface area contributed by atoms with Crippen molar-refractivity contribution in [2.45, 2.75) is 0 Å². The van der Waals surface area contributed by atoms with Gasteiger partial charge in [0.05, 0.1) is 0 Å². The highest BCUT2D eigenvalue weighted by Gasteiger charge is 2.25. The zero-order valence-electron chi connectivity index (χ0n) is 4.71. The molecule has 0 spiro atoms. The van der Waals surface area contributed by atoms with Gasteiger partial charge >= 0.3 is 27.6 Å². The molecule has 62 valence electrons. The average Bonchev–Trinajstić information content (AvgIpc) is 1.86. The van der Waals surface area contributed by atoms with Crippen LogP contribution in [-0.2, 0) is 14.3 Å². The number of hydrogen-bond donors (Lipinski definition) is 0. The molecule has 0 saturated carbocycles. The van der Waals surface area contributed by atoms with E-state index in [-0.39, 0.29) is 0 Å². The van der Waals surface area contributed by atoms with Crippen molar-refractivity contribution in [1.82, 2.24) is 0 Å². The largest absolute Gasteiger partial charge is 0.381 e. The molecule has 11 heavy (non-hydrogen) atoms. The fourth-order valence-electron chi connectivity index (χ4n) is 0.180. The van der Waals surface area contributed by atoms with E-state index >= 15 is 0 Å². The number of rotatable bonds is 2. The van der Waals surface area contributed by atoms with Gasteiger partial charge in [0.1, 0.15) is 0 Å². The number of halogens is 3. The van der Waals surface area contributed by atoms with Crippen molar-refractivity contribution in [2.24, 2.45) is 0 Å². The standard InChI is InChI=1S/C3F3NO3S/c4-2(5)3(6)11(8,9)10-1-7. The Morgan fingerprint density at radius 2 is 1.82 bits per heavy atom. The molecule has 0 radical (unpaired) electrons. The van der Waals surface area contributed by atoms with Gasteiger partial charge in [-0.2, -0.15) is 21.6 Å². The van der Waals surface area contributed by atoms with Crippen LogP contribution in [0.1, 0.15) is 0 Å². The predicted octanol–water partition coefficient (Wildman–Crippen LogP) is 0.849. The third-order valence-electron chi connectivity index (χ3n) is 0.515. The quantitative estimate of drug-likeness (QED) is 0.474. The van der Waals surface area contributed by atoms with Crippen LogP contribution in [-0.4, -0.2) is 8.42 Å². The molecule has 0 heterocycles. The summed E-state index contributed by atoms with van der Waals surface area (Å²) < 4.78 is 57.2. The van der Waals surface area contributed by atoms with Crippen LogP contribution in [0, 0.1) is 11.5 Å². The topological polar surface area (TPSA) is 67.2 Å². The minimum Gasteiger partial charge on any atom is -0.297 e. The van der Waals surface area contributed by atoms with E-state index < -0.39 is 21.4 Å². The van der Waals surface area contributed by atoms with Gasteiger partial charge in [0.25, 0.3) is 0 Å². The van der Waals surface area contributed by atoms with E-state index in [1.807, 2.05) is 0 Å². The number of nitriles is 1. The Morgan fingerprint density at radius 1 is 1.36 bits per heavy atom. The Balaban J connectivity index is 4.92. The van der Waals surface area contributed by atoms with Crippen LogP contribution in [0.3, 0.4) is 0 Å². The van der Waals surface area contributed by atoms with E-state index in [9.17, 15) is 21.6 Å². The van der Waals surface area contributed by atoms with E-state index in [1.54, 1.807) is 0 Å². The number of hydrogen-bond acceptors (Lipinski definition) is 4. The molecule has 0 unspecified atom stereocenters. The highest BCUT2D eigenvalue weighted by Crippen LogP contribution is 2.17. The monoisotopic (exact) mass is 187 g/mol. The van der Waals surface area contributed by atoms with Crippen LogP contribution in [0.2, 0.25) is 0 Å². The molecule has 0 bridgehead atoms. The first kappa shape index (κ1) is 9.77. The molecule has 8 heteroatoms. The third kappa shape index (κ3) is 2.46. The molecule has 0 aliphatic rings. The normalized spacial score (nSPS) is 10.0. The zero-order valence-corrected chi connectivity index (χ0v) is 5.53. The van der Waals surface area contributed by atoms with Gasteiger partial charge in [0.2, 0.25) is 0 Å². The molecule has 4 nitrogen and oxygen atoms in total. The lowest BCUT2D eigenvalue weighted by Crippen LogP contribution is -2.02. The SMILES string of the molecule is N#COS(=O)(=O)C(F)=C(F)F. The third-order valence-corrected chi connectivity index (χ3v) is 1.40. The van der Waals surface area contributed by atoms with Crippen molar-refractivity contribution in [1.29, 1.82) is 5.26 Å². The van der Waals surface area contributed by atoms with Gasteiger partial charge in [-0.05, 0) is 0 Å². The molecular formula is C3F3NO3S. The summed E-state index contributed by atoms with van der Waals surface area (Å²) in [4.78, 5) is 0. The van der Waals surface area contributed by atoms with Crippen molar-refractivity contribution in [3.05, 3.63) is 11.2 Å². The minimum atomic E-state index is -5.21. The first-order valence-corrected chi connectivity index (χ1v) is 3.36. The lowest BCUT2D eigenvalue weighted by atomic mass is 11.1. The van der Waals surface area contributed by atoms with E-state index in [1.165, 1.54) is 0 Å². The Morgan fingerprint density at radius 3 is 2.09 bits per heavy atom. The zero-order chi connectivity index (χ0) is 9.07. The Labute approximate surface area is 59.6 Å². The van der Waals surface area contributed by atoms with E-state index in [0.717, 1.165) is 0 Å². The molecule has 0 aromatic rings. The lowest BCUT2D eigenvalue weighted by molar-refractivity contribution is 0.379. The van der Waals surface area contributed by atoms with Gasteiger partial charge in [0, 0.05) is 0 Å². The van der Waals surface area contributed by atoms with Crippen molar-refractivity contribution < 1.29 is 25.8 Å². The summed E-state index contributed by atoms with van der Waals surface area (Å²) in [5.41, 5.74) is 0. The molecule has 0 N–H and O–H groups in total. The lowest BCUT2D eigenvalue weighted by Gasteiger charge is -1.91. The van der Waals surface area contributed by atoms with E-state index in [0.29, 0.717) is 6.26 Å². The van der Waals surface area contributed by atoms with Gasteiger partial charge in [-0.25, -0.2) is 0 Å². The highest BCUT2D eigenvalue weighted by atomic mass is 32.2. The summed E-state index contributed by atoms with van der Waals surface area (Å²) in [6, 6.07) is 0. The maximum Gasteiger partial charge on any atom is 0.381 e. The molecular weight excluding hydrogens is 187 g/mol. The van der Waals surface area contributed by atoms with Crippen molar-refractivity contribution in [2.75, 3.05) is 0 Å². The average molecular weight is 187 g/mol. The van der Waals surface area contributed by atoms with Crippen LogP contribution < -0.4 is 0 Å². The highest BCUT2D eigenvalue weighted by molar-refractivity contribution is 7.90. The summed E-state index contributed by atoms with van der Waals surface area (Å²) in [6.07, 6.45) is -2.51.